The third-order valence-electron chi connectivity index (χ3n) is 5.11. The molecule has 0 aliphatic carbocycles. The van der Waals surface area contributed by atoms with Crippen LogP contribution in [0.15, 0.2) is 48.7 Å². The summed E-state index contributed by atoms with van der Waals surface area (Å²) < 4.78 is 4.99. The molecule has 3 rings (SSSR count). The number of aromatic amines is 1. The maximum absolute atomic E-state index is 12.5. The molecule has 0 radical (unpaired) electrons. The lowest BCUT2D eigenvalue weighted by Crippen LogP contribution is -2.28. The summed E-state index contributed by atoms with van der Waals surface area (Å²) in [6.07, 6.45) is 3.08. The van der Waals surface area contributed by atoms with Gasteiger partial charge in [-0.25, -0.2) is 0 Å². The fraction of sp³-hybridized carbons (Fsp3) is 0.318. The van der Waals surface area contributed by atoms with Gasteiger partial charge >= 0.3 is 0 Å². The van der Waals surface area contributed by atoms with Crippen molar-refractivity contribution in [3.05, 3.63) is 75.5 Å². The zero-order valence-electron chi connectivity index (χ0n) is 16.6. The fourth-order valence-electron chi connectivity index (χ4n) is 3.61. The quantitative estimate of drug-likeness (QED) is 0.326. The molecule has 1 atom stereocenters. The molecule has 1 amide bonds. The second-order valence-electron chi connectivity index (χ2n) is 6.89. The zero-order chi connectivity index (χ0) is 20.8. The molecule has 1 heterocycles. The smallest absolute Gasteiger partial charge is 0.269 e. The van der Waals surface area contributed by atoms with Gasteiger partial charge in [0.2, 0.25) is 5.91 Å². The zero-order valence-corrected chi connectivity index (χ0v) is 16.6. The number of non-ortho nitro benzene ring substituents is 1. The topological polar surface area (TPSA) is 97.3 Å². The number of nitrogens with one attached hydrogen (secondary N) is 2. The van der Waals surface area contributed by atoms with E-state index in [0.29, 0.717) is 13.2 Å². The number of amides is 1. The lowest BCUT2D eigenvalue weighted by molar-refractivity contribution is -0.384. The van der Waals surface area contributed by atoms with Gasteiger partial charge in [0.1, 0.15) is 0 Å². The first-order chi connectivity index (χ1) is 14.0. The molecule has 0 saturated carbocycles. The van der Waals surface area contributed by atoms with Crippen LogP contribution < -0.4 is 5.32 Å². The lowest BCUT2D eigenvalue weighted by Gasteiger charge is -2.17. The Morgan fingerprint density at radius 2 is 2.00 bits per heavy atom. The van der Waals surface area contributed by atoms with Gasteiger partial charge in [-0.15, -0.1) is 0 Å². The first-order valence-electron chi connectivity index (χ1n) is 9.64. The van der Waals surface area contributed by atoms with Gasteiger partial charge in [-0.05, 0) is 23.1 Å². The van der Waals surface area contributed by atoms with E-state index in [0.717, 1.165) is 28.5 Å². The van der Waals surface area contributed by atoms with Crippen molar-refractivity contribution in [2.45, 2.75) is 25.7 Å². The Balaban J connectivity index is 1.98. The minimum Gasteiger partial charge on any atom is -0.383 e. The fourth-order valence-corrected chi connectivity index (χ4v) is 3.61. The van der Waals surface area contributed by atoms with Gasteiger partial charge in [-0.2, -0.15) is 0 Å². The van der Waals surface area contributed by atoms with Gasteiger partial charge in [-0.3, -0.25) is 14.9 Å². The highest BCUT2D eigenvalue weighted by atomic mass is 16.6. The number of methoxy groups -OCH3 is 1. The summed E-state index contributed by atoms with van der Waals surface area (Å²) in [7, 11) is 1.59. The van der Waals surface area contributed by atoms with Crippen LogP contribution in [-0.4, -0.2) is 36.1 Å². The number of rotatable bonds is 9. The molecule has 7 heteroatoms. The largest absolute Gasteiger partial charge is 0.383 e. The molecule has 7 nitrogen and oxygen atoms in total. The van der Waals surface area contributed by atoms with Crippen LogP contribution in [0.2, 0.25) is 0 Å². The number of nitrogens with zero attached hydrogens (tertiary/aromatic N) is 1. The van der Waals surface area contributed by atoms with Crippen LogP contribution in [0.25, 0.3) is 10.9 Å². The number of nitro groups is 1. The normalized spacial score (nSPS) is 12.1. The Morgan fingerprint density at radius 3 is 2.66 bits per heavy atom. The van der Waals surface area contributed by atoms with Crippen molar-refractivity contribution in [2.75, 3.05) is 20.3 Å². The third kappa shape index (κ3) is 4.63. The van der Waals surface area contributed by atoms with E-state index in [4.69, 9.17) is 4.74 Å². The number of aromatic nitrogens is 1. The Morgan fingerprint density at radius 1 is 1.24 bits per heavy atom. The molecule has 2 N–H and O–H groups in total. The maximum atomic E-state index is 12.5. The minimum absolute atomic E-state index is 0.0317. The summed E-state index contributed by atoms with van der Waals surface area (Å²) in [5, 5.41) is 14.9. The van der Waals surface area contributed by atoms with Crippen molar-refractivity contribution in [3.8, 4) is 0 Å². The highest BCUT2D eigenvalue weighted by Gasteiger charge is 2.22. The molecule has 0 saturated heterocycles. The average Bonchev–Trinajstić information content (AvgIpc) is 3.16. The SMILES string of the molecule is CCc1cccc2c([C@@H](CC(=O)NCCOC)c3ccc([N+](=O)[O-])cc3)c[nH]c12. The van der Waals surface area contributed by atoms with E-state index < -0.39 is 4.92 Å². The lowest BCUT2D eigenvalue weighted by atomic mass is 9.87. The highest BCUT2D eigenvalue weighted by molar-refractivity contribution is 5.88. The minimum atomic E-state index is -0.421. The van der Waals surface area contributed by atoms with Crippen LogP contribution in [0, 0.1) is 10.1 Å². The maximum Gasteiger partial charge on any atom is 0.269 e. The van der Waals surface area contributed by atoms with Crippen LogP contribution in [0.5, 0.6) is 0 Å². The van der Waals surface area contributed by atoms with Gasteiger partial charge in [-0.1, -0.05) is 37.3 Å². The summed E-state index contributed by atoms with van der Waals surface area (Å²) in [6.45, 7) is 2.99. The standard InChI is InChI=1S/C22H25N3O4/c1-3-15-5-4-6-18-20(14-24-22(15)18)19(13-21(26)23-11-12-29-2)16-7-9-17(10-8-16)25(27)28/h4-10,14,19,24H,3,11-13H2,1-2H3,(H,23,26)/t19-/m0/s1. The molecule has 152 valence electrons. The average molecular weight is 395 g/mol. The molecule has 1 aromatic heterocycles. The van der Waals surface area contributed by atoms with E-state index >= 15 is 0 Å². The number of nitro benzene ring substituents is 1. The van der Waals surface area contributed by atoms with E-state index in [1.807, 2.05) is 18.3 Å². The number of hydrogen-bond acceptors (Lipinski definition) is 4. The van der Waals surface area contributed by atoms with E-state index in [1.165, 1.54) is 17.7 Å². The first kappa shape index (κ1) is 20.5. The Hall–Kier alpha value is -3.19. The van der Waals surface area contributed by atoms with Gasteiger partial charge in [0.25, 0.3) is 5.69 Å². The van der Waals surface area contributed by atoms with Gasteiger partial charge in [0.15, 0.2) is 0 Å². The second kappa shape index (κ2) is 9.34. The highest BCUT2D eigenvalue weighted by Crippen LogP contribution is 2.35. The number of H-pyrrole nitrogens is 1. The van der Waals surface area contributed by atoms with Crippen molar-refractivity contribution >= 4 is 22.5 Å². The third-order valence-corrected chi connectivity index (χ3v) is 5.11. The van der Waals surface area contributed by atoms with Crippen LogP contribution in [-0.2, 0) is 16.0 Å². The molecule has 0 unspecified atom stereocenters. The first-order valence-corrected chi connectivity index (χ1v) is 9.64. The summed E-state index contributed by atoms with van der Waals surface area (Å²) in [5.41, 5.74) is 4.17. The van der Waals surface area contributed by atoms with Crippen molar-refractivity contribution in [2.24, 2.45) is 0 Å². The summed E-state index contributed by atoms with van der Waals surface area (Å²) in [5.74, 6) is -0.314. The number of fused-ring (bicyclic) bond motifs is 1. The van der Waals surface area contributed by atoms with Crippen molar-refractivity contribution in [3.63, 3.8) is 0 Å². The second-order valence-corrected chi connectivity index (χ2v) is 6.89. The summed E-state index contributed by atoms with van der Waals surface area (Å²) in [4.78, 5) is 26.5. The number of ether oxygens (including phenoxy) is 1. The number of aryl methyl sites for hydroxylation is 1. The monoisotopic (exact) mass is 395 g/mol. The number of carbonyl (C=O) groups is 1. The van der Waals surface area contributed by atoms with Crippen LogP contribution in [0.4, 0.5) is 5.69 Å². The van der Waals surface area contributed by atoms with Crippen LogP contribution in [0.3, 0.4) is 0 Å². The van der Waals surface area contributed by atoms with E-state index in [-0.39, 0.29) is 23.9 Å². The van der Waals surface area contributed by atoms with Gasteiger partial charge < -0.3 is 15.0 Å². The van der Waals surface area contributed by atoms with Crippen molar-refractivity contribution in [1.82, 2.24) is 10.3 Å². The van der Waals surface area contributed by atoms with Gasteiger partial charge in [0, 0.05) is 55.2 Å². The number of carbonyl (C=O) groups excluding carboxylic acids is 1. The number of benzene rings is 2. The summed E-state index contributed by atoms with van der Waals surface area (Å²) >= 11 is 0. The summed E-state index contributed by atoms with van der Waals surface area (Å²) in [6, 6.07) is 12.6. The van der Waals surface area contributed by atoms with Crippen molar-refractivity contribution in [1.29, 1.82) is 0 Å². The molecule has 2 aromatic carbocycles. The molecule has 3 aromatic rings. The predicted molar refractivity (Wildman–Crippen MR) is 112 cm³/mol. The van der Waals surface area contributed by atoms with Crippen molar-refractivity contribution < 1.29 is 14.5 Å². The van der Waals surface area contributed by atoms with Crippen LogP contribution >= 0.6 is 0 Å². The van der Waals surface area contributed by atoms with E-state index in [1.54, 1.807) is 19.2 Å². The number of hydrogen-bond donors (Lipinski definition) is 2. The van der Waals surface area contributed by atoms with Crippen LogP contribution in [0.1, 0.15) is 36.0 Å². The van der Waals surface area contributed by atoms with Gasteiger partial charge in [0.05, 0.1) is 11.5 Å². The molecule has 0 bridgehead atoms. The molecule has 29 heavy (non-hydrogen) atoms. The van der Waals surface area contributed by atoms with E-state index in [9.17, 15) is 14.9 Å². The predicted octanol–water partition coefficient (Wildman–Crippen LogP) is 3.92. The molecular weight excluding hydrogens is 370 g/mol. The molecule has 0 fully saturated rings. The number of para-hydroxylation sites is 1. The Kier molecular flexibility index (Phi) is 6.61. The molecule has 0 aliphatic heterocycles. The Bertz CT molecular complexity index is 995. The molecular formula is C22H25N3O4. The molecule has 0 spiro atoms. The molecule has 0 aliphatic rings. The van der Waals surface area contributed by atoms with E-state index in [2.05, 4.69) is 23.3 Å². The Labute approximate surface area is 169 Å².